The molecule has 3 N–H and O–H groups in total. The highest BCUT2D eigenvalue weighted by Crippen LogP contribution is 2.17. The maximum absolute atomic E-state index is 12.1. The summed E-state index contributed by atoms with van der Waals surface area (Å²) < 4.78 is 0. The van der Waals surface area contributed by atoms with Gasteiger partial charge in [0.15, 0.2) is 0 Å². The zero-order valence-corrected chi connectivity index (χ0v) is 10.8. The molecule has 104 valence electrons. The van der Waals surface area contributed by atoms with Crippen LogP contribution in [0.2, 0.25) is 0 Å². The molecule has 0 spiro atoms. The number of nitrogens with zero attached hydrogens (tertiary/aromatic N) is 2. The van der Waals surface area contributed by atoms with Crippen molar-refractivity contribution in [1.29, 1.82) is 0 Å². The van der Waals surface area contributed by atoms with Crippen LogP contribution in [-0.2, 0) is 4.79 Å². The van der Waals surface area contributed by atoms with E-state index in [4.69, 9.17) is 5.11 Å². The molecule has 0 aromatic carbocycles. The van der Waals surface area contributed by atoms with E-state index in [0.717, 1.165) is 6.42 Å². The average molecular weight is 266 g/mol. The number of carbonyl (C=O) groups excluding carboxylic acids is 1. The SMILES string of the molecule is CC(NC(=O)N1CCCC(C(=O)O)C1)c1ncc[nH]1. The normalized spacial score (nSPS) is 20.9. The van der Waals surface area contributed by atoms with E-state index in [2.05, 4.69) is 15.3 Å². The second kappa shape index (κ2) is 5.73. The summed E-state index contributed by atoms with van der Waals surface area (Å²) in [7, 11) is 0. The van der Waals surface area contributed by atoms with E-state index < -0.39 is 11.9 Å². The number of aromatic nitrogens is 2. The van der Waals surface area contributed by atoms with E-state index in [1.54, 1.807) is 17.3 Å². The molecule has 2 heterocycles. The van der Waals surface area contributed by atoms with Gasteiger partial charge in [-0.1, -0.05) is 0 Å². The lowest BCUT2D eigenvalue weighted by atomic mass is 9.99. The number of likely N-dealkylation sites (tertiary alicyclic amines) is 1. The number of hydrogen-bond donors (Lipinski definition) is 3. The second-order valence-electron chi connectivity index (χ2n) is 4.77. The molecule has 1 aromatic heterocycles. The number of carboxylic acids is 1. The number of aromatic amines is 1. The van der Waals surface area contributed by atoms with E-state index >= 15 is 0 Å². The van der Waals surface area contributed by atoms with Crippen LogP contribution in [0.1, 0.15) is 31.6 Å². The minimum absolute atomic E-state index is 0.229. The van der Waals surface area contributed by atoms with Crippen LogP contribution in [0.4, 0.5) is 4.79 Å². The molecule has 1 aliphatic rings. The van der Waals surface area contributed by atoms with Gasteiger partial charge in [-0.05, 0) is 19.8 Å². The molecular formula is C12H18N4O3. The average Bonchev–Trinajstić information content (AvgIpc) is 2.92. The lowest BCUT2D eigenvalue weighted by Crippen LogP contribution is -2.47. The monoisotopic (exact) mass is 266 g/mol. The molecule has 1 saturated heterocycles. The third-order valence-electron chi connectivity index (χ3n) is 3.33. The number of piperidine rings is 1. The highest BCUT2D eigenvalue weighted by molar-refractivity contribution is 5.76. The zero-order valence-electron chi connectivity index (χ0n) is 10.8. The summed E-state index contributed by atoms with van der Waals surface area (Å²) in [5.74, 6) is -0.616. The fourth-order valence-electron chi connectivity index (χ4n) is 2.22. The van der Waals surface area contributed by atoms with Gasteiger partial charge < -0.3 is 20.3 Å². The van der Waals surface area contributed by atoms with Crippen molar-refractivity contribution >= 4 is 12.0 Å². The van der Waals surface area contributed by atoms with Crippen molar-refractivity contribution in [3.63, 3.8) is 0 Å². The Hall–Kier alpha value is -2.05. The minimum atomic E-state index is -0.836. The van der Waals surface area contributed by atoms with Crippen LogP contribution in [0.5, 0.6) is 0 Å². The quantitative estimate of drug-likeness (QED) is 0.759. The number of rotatable bonds is 3. The van der Waals surface area contributed by atoms with Crippen LogP contribution < -0.4 is 5.32 Å². The van der Waals surface area contributed by atoms with Crippen LogP contribution in [0.15, 0.2) is 12.4 Å². The summed E-state index contributed by atoms with van der Waals surface area (Å²) in [5.41, 5.74) is 0. The Bertz CT molecular complexity index is 446. The molecule has 2 amide bonds. The number of carbonyl (C=O) groups is 2. The third-order valence-corrected chi connectivity index (χ3v) is 3.33. The largest absolute Gasteiger partial charge is 0.481 e. The number of hydrogen-bond acceptors (Lipinski definition) is 3. The van der Waals surface area contributed by atoms with Gasteiger partial charge in [-0.2, -0.15) is 0 Å². The Kier molecular flexibility index (Phi) is 4.03. The highest BCUT2D eigenvalue weighted by atomic mass is 16.4. The molecule has 2 rings (SSSR count). The predicted octanol–water partition coefficient (Wildman–Crippen LogP) is 0.977. The third kappa shape index (κ3) is 3.24. The summed E-state index contributed by atoms with van der Waals surface area (Å²) in [4.78, 5) is 31.6. The Balaban J connectivity index is 1.91. The molecule has 0 radical (unpaired) electrons. The lowest BCUT2D eigenvalue weighted by Gasteiger charge is -2.31. The molecular weight excluding hydrogens is 248 g/mol. The maximum Gasteiger partial charge on any atom is 0.318 e. The van der Waals surface area contributed by atoms with E-state index in [0.29, 0.717) is 18.8 Å². The summed E-state index contributed by atoms with van der Waals surface area (Å²) in [6.45, 7) is 2.70. The smallest absolute Gasteiger partial charge is 0.318 e. The van der Waals surface area contributed by atoms with Crippen molar-refractivity contribution in [2.24, 2.45) is 5.92 Å². The maximum atomic E-state index is 12.1. The van der Waals surface area contributed by atoms with E-state index in [9.17, 15) is 9.59 Å². The molecule has 7 nitrogen and oxygen atoms in total. The first-order valence-corrected chi connectivity index (χ1v) is 6.35. The number of carboxylic acid groups (broad SMARTS) is 1. The van der Waals surface area contributed by atoms with Crippen molar-refractivity contribution in [3.8, 4) is 0 Å². The van der Waals surface area contributed by atoms with Gasteiger partial charge in [0, 0.05) is 25.5 Å². The lowest BCUT2D eigenvalue weighted by molar-refractivity contribution is -0.143. The van der Waals surface area contributed by atoms with Gasteiger partial charge in [0.1, 0.15) is 5.82 Å². The predicted molar refractivity (Wildman–Crippen MR) is 67.5 cm³/mol. The molecule has 19 heavy (non-hydrogen) atoms. The van der Waals surface area contributed by atoms with Crippen LogP contribution in [-0.4, -0.2) is 45.1 Å². The fraction of sp³-hybridized carbons (Fsp3) is 0.583. The molecule has 0 saturated carbocycles. The van der Waals surface area contributed by atoms with Gasteiger partial charge in [0.25, 0.3) is 0 Å². The Labute approximate surface area is 111 Å². The van der Waals surface area contributed by atoms with Crippen LogP contribution in [0.3, 0.4) is 0 Å². The number of H-pyrrole nitrogens is 1. The highest BCUT2D eigenvalue weighted by Gasteiger charge is 2.28. The molecule has 1 aromatic rings. The molecule has 2 atom stereocenters. The molecule has 1 fully saturated rings. The van der Waals surface area contributed by atoms with Crippen molar-refractivity contribution in [2.75, 3.05) is 13.1 Å². The number of urea groups is 1. The van der Waals surface area contributed by atoms with Gasteiger partial charge in [-0.3, -0.25) is 4.79 Å². The number of aliphatic carboxylic acids is 1. The number of imidazole rings is 1. The minimum Gasteiger partial charge on any atom is -0.481 e. The molecule has 0 bridgehead atoms. The summed E-state index contributed by atoms with van der Waals surface area (Å²) in [6.07, 6.45) is 4.67. The van der Waals surface area contributed by atoms with E-state index in [1.165, 1.54) is 0 Å². The second-order valence-corrected chi connectivity index (χ2v) is 4.77. The van der Waals surface area contributed by atoms with Gasteiger partial charge >= 0.3 is 12.0 Å². The van der Waals surface area contributed by atoms with E-state index in [-0.39, 0.29) is 18.6 Å². The van der Waals surface area contributed by atoms with Gasteiger partial charge in [0.05, 0.1) is 12.0 Å². The van der Waals surface area contributed by atoms with Crippen molar-refractivity contribution < 1.29 is 14.7 Å². The number of amides is 2. The van der Waals surface area contributed by atoms with Crippen molar-refractivity contribution in [3.05, 3.63) is 18.2 Å². The Morgan fingerprint density at radius 1 is 1.63 bits per heavy atom. The Morgan fingerprint density at radius 3 is 3.05 bits per heavy atom. The Morgan fingerprint density at radius 2 is 2.42 bits per heavy atom. The molecule has 2 unspecified atom stereocenters. The first-order chi connectivity index (χ1) is 9.08. The summed E-state index contributed by atoms with van der Waals surface area (Å²) >= 11 is 0. The fourth-order valence-corrected chi connectivity index (χ4v) is 2.22. The number of nitrogens with one attached hydrogen (secondary N) is 2. The van der Waals surface area contributed by atoms with E-state index in [1.807, 2.05) is 6.92 Å². The van der Waals surface area contributed by atoms with Crippen molar-refractivity contribution in [1.82, 2.24) is 20.2 Å². The standard InChI is InChI=1S/C12H18N4O3/c1-8(10-13-4-5-14-10)15-12(19)16-6-2-3-9(7-16)11(17)18/h4-5,8-9H,2-3,6-7H2,1H3,(H,13,14)(H,15,19)(H,17,18). The van der Waals surface area contributed by atoms with Crippen LogP contribution in [0.25, 0.3) is 0 Å². The van der Waals surface area contributed by atoms with Crippen LogP contribution in [0, 0.1) is 5.92 Å². The molecule has 7 heteroatoms. The summed E-state index contributed by atoms with van der Waals surface area (Å²) in [5, 5.41) is 11.8. The summed E-state index contributed by atoms with van der Waals surface area (Å²) in [6, 6.07) is -0.470. The topological polar surface area (TPSA) is 98.3 Å². The first-order valence-electron chi connectivity index (χ1n) is 6.35. The van der Waals surface area contributed by atoms with Crippen molar-refractivity contribution in [2.45, 2.75) is 25.8 Å². The van der Waals surface area contributed by atoms with Gasteiger partial charge in [0.2, 0.25) is 0 Å². The molecule has 1 aliphatic heterocycles. The van der Waals surface area contributed by atoms with Gasteiger partial charge in [-0.15, -0.1) is 0 Å². The molecule has 0 aliphatic carbocycles. The van der Waals surface area contributed by atoms with Crippen LogP contribution >= 0.6 is 0 Å². The first kappa shape index (κ1) is 13.4. The zero-order chi connectivity index (χ0) is 13.8. The van der Waals surface area contributed by atoms with Gasteiger partial charge in [-0.25, -0.2) is 9.78 Å².